The Labute approximate surface area is 141 Å². The predicted molar refractivity (Wildman–Crippen MR) is 89.3 cm³/mol. The first-order chi connectivity index (χ1) is 11.9. The van der Waals surface area contributed by atoms with E-state index in [9.17, 15) is 4.79 Å². The fourth-order valence-corrected chi connectivity index (χ4v) is 1.87. The van der Waals surface area contributed by atoms with E-state index >= 15 is 0 Å². The molecule has 3 aromatic heterocycles. The van der Waals surface area contributed by atoms with Gasteiger partial charge < -0.3 is 16.4 Å². The summed E-state index contributed by atoms with van der Waals surface area (Å²) < 4.78 is 0. The number of anilines is 3. The van der Waals surface area contributed by atoms with Crippen molar-refractivity contribution in [3.63, 3.8) is 0 Å². The van der Waals surface area contributed by atoms with Gasteiger partial charge in [-0.3, -0.25) is 15.0 Å². The van der Waals surface area contributed by atoms with E-state index in [1.165, 1.54) is 6.07 Å². The number of aryl methyl sites for hydroxylation is 2. The first-order valence-electron chi connectivity index (χ1n) is 7.11. The highest BCUT2D eigenvalue weighted by molar-refractivity contribution is 6.01. The number of carbonyl (C=O) groups is 1. The zero-order valence-corrected chi connectivity index (χ0v) is 13.5. The summed E-state index contributed by atoms with van der Waals surface area (Å²) in [5.41, 5.74) is 6.12. The van der Waals surface area contributed by atoms with Crippen LogP contribution in [0.15, 0.2) is 12.6 Å². The van der Waals surface area contributed by atoms with Crippen molar-refractivity contribution < 1.29 is 4.79 Å². The van der Waals surface area contributed by atoms with E-state index in [1.54, 1.807) is 13.8 Å². The molecule has 3 heterocycles. The second-order valence-electron chi connectivity index (χ2n) is 5.05. The molecule has 1 amide bonds. The second-order valence-corrected chi connectivity index (χ2v) is 5.05. The van der Waals surface area contributed by atoms with E-state index in [2.05, 4.69) is 57.5 Å². The zero-order valence-electron chi connectivity index (χ0n) is 13.5. The Morgan fingerprint density at radius 1 is 1.04 bits per heavy atom. The van der Waals surface area contributed by atoms with Crippen molar-refractivity contribution in [2.24, 2.45) is 0 Å². The minimum Gasteiger partial charge on any atom is -0.383 e. The summed E-state index contributed by atoms with van der Waals surface area (Å²) in [5, 5.41) is 18.4. The van der Waals surface area contributed by atoms with Gasteiger partial charge >= 0.3 is 0 Å². The lowest BCUT2D eigenvalue weighted by Crippen LogP contribution is -2.16. The minimum atomic E-state index is -0.531. The lowest BCUT2D eigenvalue weighted by atomic mass is 10.4. The summed E-state index contributed by atoms with van der Waals surface area (Å²) >= 11 is 0. The quantitative estimate of drug-likeness (QED) is 0.435. The molecule has 0 saturated heterocycles. The van der Waals surface area contributed by atoms with Crippen LogP contribution in [0.4, 0.5) is 17.6 Å². The molecule has 0 aliphatic heterocycles. The topological polar surface area (TPSA) is 176 Å². The number of aromatic nitrogens is 8. The first-order valence-corrected chi connectivity index (χ1v) is 7.11. The number of aromatic amines is 2. The van der Waals surface area contributed by atoms with Gasteiger partial charge in [0.25, 0.3) is 5.91 Å². The van der Waals surface area contributed by atoms with Crippen molar-refractivity contribution in [3.8, 4) is 0 Å². The van der Waals surface area contributed by atoms with E-state index in [-0.39, 0.29) is 23.4 Å². The van der Waals surface area contributed by atoms with Crippen LogP contribution in [-0.4, -0.2) is 46.2 Å². The molecule has 0 fully saturated rings. The van der Waals surface area contributed by atoms with Crippen LogP contribution in [0.3, 0.4) is 0 Å². The molecule has 25 heavy (non-hydrogen) atoms. The lowest BCUT2D eigenvalue weighted by Gasteiger charge is -2.08. The highest BCUT2D eigenvalue weighted by Gasteiger charge is 2.14. The monoisotopic (exact) mass is 341 g/mol. The largest absolute Gasteiger partial charge is 0.383 e. The predicted octanol–water partition coefficient (Wildman–Crippen LogP) is 0.247. The summed E-state index contributed by atoms with van der Waals surface area (Å²) in [4.78, 5) is 28.3. The second kappa shape index (κ2) is 6.35. The van der Waals surface area contributed by atoms with Gasteiger partial charge in [-0.15, -0.1) is 5.10 Å². The van der Waals surface area contributed by atoms with E-state index in [0.29, 0.717) is 23.2 Å². The van der Waals surface area contributed by atoms with Crippen LogP contribution in [0.5, 0.6) is 0 Å². The molecule has 0 unspecified atom stereocenters. The Kier molecular flexibility index (Phi) is 4.07. The van der Waals surface area contributed by atoms with Crippen LogP contribution in [0.1, 0.15) is 28.1 Å². The Hall–Kier alpha value is -3.83. The molecule has 0 spiro atoms. The normalized spacial score (nSPS) is 10.5. The Bertz CT molecular complexity index is 869. The number of rotatable bonds is 5. The molecule has 3 rings (SSSR count). The van der Waals surface area contributed by atoms with Gasteiger partial charge in [0, 0.05) is 6.07 Å². The zero-order chi connectivity index (χ0) is 18.0. The molecule has 0 radical (unpaired) electrons. The number of nitrogen functional groups attached to an aromatic ring is 1. The fraction of sp³-hybridized carbons (Fsp3) is 0.154. The lowest BCUT2D eigenvalue weighted by molar-refractivity contribution is 0.101. The van der Waals surface area contributed by atoms with Gasteiger partial charge in [-0.05, 0) is 13.8 Å². The van der Waals surface area contributed by atoms with Crippen molar-refractivity contribution in [3.05, 3.63) is 35.9 Å². The van der Waals surface area contributed by atoms with E-state index in [0.717, 1.165) is 0 Å². The highest BCUT2D eigenvalue weighted by atomic mass is 16.2. The van der Waals surface area contributed by atoms with Crippen LogP contribution in [0.25, 0.3) is 5.70 Å². The number of amides is 1. The number of nitrogens with two attached hydrogens (primary N) is 1. The van der Waals surface area contributed by atoms with Crippen molar-refractivity contribution in [1.82, 2.24) is 40.3 Å². The molecule has 0 bridgehead atoms. The van der Waals surface area contributed by atoms with Gasteiger partial charge in [-0.2, -0.15) is 15.1 Å². The molecule has 12 heteroatoms. The smallest absolute Gasteiger partial charge is 0.296 e. The Morgan fingerprint density at radius 2 is 1.68 bits per heavy atom. The number of nitrogens with one attached hydrogen (secondary N) is 4. The molecular formula is C13H15N11O. The molecule has 12 nitrogen and oxygen atoms in total. The molecule has 128 valence electrons. The molecular weight excluding hydrogens is 326 g/mol. The van der Waals surface area contributed by atoms with Crippen LogP contribution in [-0.2, 0) is 0 Å². The number of H-pyrrole nitrogens is 2. The number of nitrogens with zero attached hydrogens (tertiary/aromatic N) is 6. The molecule has 6 N–H and O–H groups in total. The molecule has 0 saturated carbocycles. The maximum absolute atomic E-state index is 12.1. The van der Waals surface area contributed by atoms with E-state index < -0.39 is 5.91 Å². The maximum Gasteiger partial charge on any atom is 0.296 e. The van der Waals surface area contributed by atoms with Crippen molar-refractivity contribution in [2.75, 3.05) is 16.4 Å². The molecule has 0 aromatic carbocycles. The van der Waals surface area contributed by atoms with Crippen LogP contribution >= 0.6 is 0 Å². The molecule has 0 atom stereocenters. The number of hydrogen-bond acceptors (Lipinski definition) is 9. The average molecular weight is 341 g/mol. The first kappa shape index (κ1) is 16.0. The van der Waals surface area contributed by atoms with Crippen LogP contribution < -0.4 is 16.4 Å². The SMILES string of the molecule is C=C(Nc1nc(N)cc(NC(=O)c2n[nH]c(C)n2)n1)c1n[nH]c(C)n1. The van der Waals surface area contributed by atoms with Gasteiger partial charge in [-0.1, -0.05) is 6.58 Å². The molecule has 3 aromatic rings. The third-order valence-electron chi connectivity index (χ3n) is 2.92. The van der Waals surface area contributed by atoms with Gasteiger partial charge in [-0.25, -0.2) is 9.97 Å². The van der Waals surface area contributed by atoms with Gasteiger partial charge in [0.05, 0.1) is 5.70 Å². The number of hydrogen-bond donors (Lipinski definition) is 5. The number of carbonyl (C=O) groups excluding carboxylic acids is 1. The maximum atomic E-state index is 12.1. The summed E-state index contributed by atoms with van der Waals surface area (Å²) in [6.45, 7) is 7.26. The molecule has 0 aliphatic carbocycles. The summed E-state index contributed by atoms with van der Waals surface area (Å²) in [7, 11) is 0. The van der Waals surface area contributed by atoms with E-state index in [1.807, 2.05) is 0 Å². The summed E-state index contributed by atoms with van der Waals surface area (Å²) in [5.74, 6) is 1.45. The van der Waals surface area contributed by atoms with Crippen LogP contribution in [0.2, 0.25) is 0 Å². The van der Waals surface area contributed by atoms with Gasteiger partial charge in [0.15, 0.2) is 5.82 Å². The third kappa shape index (κ3) is 3.74. The summed E-state index contributed by atoms with van der Waals surface area (Å²) in [6, 6.07) is 1.41. The standard InChI is InChI=1S/C13H15N11O/c1-5(10-16-6(2)21-23-10)15-13-18-8(14)4-9(20-13)19-12(25)11-17-7(3)22-24-11/h4H,1H2,2-3H3,(H,16,21,23)(H,17,22,24)(H4,14,15,18,19,20,25). The molecule has 0 aliphatic rings. The third-order valence-corrected chi connectivity index (χ3v) is 2.92. The van der Waals surface area contributed by atoms with Crippen molar-refractivity contribution in [1.29, 1.82) is 0 Å². The summed E-state index contributed by atoms with van der Waals surface area (Å²) in [6.07, 6.45) is 0. The fourth-order valence-electron chi connectivity index (χ4n) is 1.87. The minimum absolute atomic E-state index is 0.00944. The van der Waals surface area contributed by atoms with Crippen LogP contribution in [0, 0.1) is 13.8 Å². The van der Waals surface area contributed by atoms with Crippen molar-refractivity contribution in [2.45, 2.75) is 13.8 Å². The average Bonchev–Trinajstić information content (AvgIpc) is 3.15. The van der Waals surface area contributed by atoms with E-state index in [4.69, 9.17) is 5.73 Å². The van der Waals surface area contributed by atoms with Crippen molar-refractivity contribution >= 4 is 29.2 Å². The van der Waals surface area contributed by atoms with Gasteiger partial charge in [0.2, 0.25) is 11.8 Å². The Morgan fingerprint density at radius 3 is 2.28 bits per heavy atom. The highest BCUT2D eigenvalue weighted by Crippen LogP contribution is 2.16. The Balaban J connectivity index is 1.76. The van der Waals surface area contributed by atoms with Gasteiger partial charge in [0.1, 0.15) is 23.3 Å².